The number of carbonyl (C=O) groups is 2. The lowest BCUT2D eigenvalue weighted by molar-refractivity contribution is -0.143. The molecule has 1 heterocycles. The maximum atomic E-state index is 12.5. The van der Waals surface area contributed by atoms with Gasteiger partial charge in [0.1, 0.15) is 0 Å². The molecule has 1 aliphatic heterocycles. The van der Waals surface area contributed by atoms with Crippen LogP contribution in [0.5, 0.6) is 0 Å². The van der Waals surface area contributed by atoms with Gasteiger partial charge in [-0.05, 0) is 38.0 Å². The van der Waals surface area contributed by atoms with E-state index in [9.17, 15) is 9.59 Å². The van der Waals surface area contributed by atoms with Crippen molar-refractivity contribution in [3.8, 4) is 0 Å². The fourth-order valence-corrected chi connectivity index (χ4v) is 5.04. The summed E-state index contributed by atoms with van der Waals surface area (Å²) in [6.45, 7) is 3.31. The molecule has 1 saturated heterocycles. The highest BCUT2D eigenvalue weighted by Gasteiger charge is 2.50. The zero-order valence-corrected chi connectivity index (χ0v) is 13.9. The molecule has 0 bridgehead atoms. The molecule has 0 spiro atoms. The maximum Gasteiger partial charge on any atom is 0.222 e. The largest absolute Gasteiger partial charge is 0.356 e. The Morgan fingerprint density at radius 3 is 2.68 bits per heavy atom. The van der Waals surface area contributed by atoms with E-state index in [2.05, 4.69) is 10.2 Å². The monoisotopic (exact) mass is 306 g/mol. The minimum absolute atomic E-state index is 0.0516. The van der Waals surface area contributed by atoms with Crippen molar-refractivity contribution in [2.75, 3.05) is 13.1 Å². The second-order valence-electron chi connectivity index (χ2n) is 7.73. The summed E-state index contributed by atoms with van der Waals surface area (Å²) >= 11 is 0. The fraction of sp³-hybridized carbons (Fsp3) is 0.889. The Morgan fingerprint density at radius 1 is 1.18 bits per heavy atom. The Morgan fingerprint density at radius 2 is 1.95 bits per heavy atom. The highest BCUT2D eigenvalue weighted by molar-refractivity contribution is 5.78. The lowest BCUT2D eigenvalue weighted by Crippen LogP contribution is -2.57. The van der Waals surface area contributed by atoms with Crippen LogP contribution in [-0.4, -0.2) is 35.8 Å². The van der Waals surface area contributed by atoms with E-state index in [0.29, 0.717) is 24.3 Å². The molecule has 4 heteroatoms. The summed E-state index contributed by atoms with van der Waals surface area (Å²) in [6, 6.07) is 0.363. The molecule has 2 amide bonds. The van der Waals surface area contributed by atoms with Gasteiger partial charge in [0.25, 0.3) is 0 Å². The quantitative estimate of drug-likeness (QED) is 0.868. The van der Waals surface area contributed by atoms with Crippen molar-refractivity contribution < 1.29 is 9.59 Å². The summed E-state index contributed by atoms with van der Waals surface area (Å²) in [5.41, 5.74) is 0.147. The molecule has 0 aromatic heterocycles. The van der Waals surface area contributed by atoms with Gasteiger partial charge in [0.2, 0.25) is 11.8 Å². The molecule has 3 fully saturated rings. The summed E-state index contributed by atoms with van der Waals surface area (Å²) in [6.07, 6.45) is 11.7. The molecule has 1 N–H and O–H groups in total. The van der Waals surface area contributed by atoms with Crippen LogP contribution in [0, 0.1) is 11.3 Å². The van der Waals surface area contributed by atoms with Gasteiger partial charge in [0.15, 0.2) is 0 Å². The Hall–Kier alpha value is -1.06. The molecule has 3 aliphatic rings. The van der Waals surface area contributed by atoms with Gasteiger partial charge in [-0.2, -0.15) is 0 Å². The van der Waals surface area contributed by atoms with Crippen molar-refractivity contribution in [1.82, 2.24) is 10.2 Å². The summed E-state index contributed by atoms with van der Waals surface area (Å²) < 4.78 is 0. The number of piperidine rings is 1. The molecular formula is C18H30N2O2. The molecular weight excluding hydrogens is 276 g/mol. The summed E-state index contributed by atoms with van der Waals surface area (Å²) in [4.78, 5) is 26.1. The van der Waals surface area contributed by atoms with Crippen LogP contribution in [0.15, 0.2) is 0 Å². The van der Waals surface area contributed by atoms with E-state index in [4.69, 9.17) is 0 Å². The molecule has 2 aliphatic carbocycles. The second kappa shape index (κ2) is 6.59. The molecule has 0 radical (unpaired) electrons. The van der Waals surface area contributed by atoms with E-state index in [0.717, 1.165) is 32.4 Å². The number of nitrogens with zero attached hydrogens (tertiary/aromatic N) is 1. The predicted octanol–water partition coefficient (Wildman–Crippen LogP) is 2.86. The van der Waals surface area contributed by atoms with Gasteiger partial charge in [0.05, 0.1) is 0 Å². The summed E-state index contributed by atoms with van der Waals surface area (Å²) in [5.74, 6) is 1.11. The van der Waals surface area contributed by atoms with E-state index >= 15 is 0 Å². The Labute approximate surface area is 134 Å². The average molecular weight is 306 g/mol. The summed E-state index contributed by atoms with van der Waals surface area (Å²) in [5, 5.41) is 3.04. The number of hydrogen-bond acceptors (Lipinski definition) is 2. The Bertz CT molecular complexity index is 431. The first-order chi connectivity index (χ1) is 10.6. The number of carbonyl (C=O) groups excluding carboxylic acids is 2. The van der Waals surface area contributed by atoms with E-state index in [1.165, 1.54) is 38.5 Å². The third-order valence-corrected chi connectivity index (χ3v) is 6.26. The van der Waals surface area contributed by atoms with Crippen molar-refractivity contribution in [2.45, 2.75) is 77.2 Å². The lowest BCUT2D eigenvalue weighted by Gasteiger charge is -2.47. The van der Waals surface area contributed by atoms with Crippen molar-refractivity contribution in [3.05, 3.63) is 0 Å². The van der Waals surface area contributed by atoms with Crippen molar-refractivity contribution in [2.24, 2.45) is 11.3 Å². The lowest BCUT2D eigenvalue weighted by atomic mass is 9.74. The van der Waals surface area contributed by atoms with Crippen LogP contribution in [0.2, 0.25) is 0 Å². The fourth-order valence-electron chi connectivity index (χ4n) is 5.04. The molecule has 4 nitrogen and oxygen atoms in total. The molecule has 22 heavy (non-hydrogen) atoms. The number of amides is 2. The smallest absolute Gasteiger partial charge is 0.222 e. The highest BCUT2D eigenvalue weighted by Crippen LogP contribution is 2.48. The van der Waals surface area contributed by atoms with Gasteiger partial charge in [0, 0.05) is 37.9 Å². The predicted molar refractivity (Wildman–Crippen MR) is 86.3 cm³/mol. The third-order valence-electron chi connectivity index (χ3n) is 6.26. The Balaban J connectivity index is 1.70. The van der Waals surface area contributed by atoms with Crippen LogP contribution in [0.25, 0.3) is 0 Å². The van der Waals surface area contributed by atoms with E-state index in [-0.39, 0.29) is 11.3 Å². The van der Waals surface area contributed by atoms with Crippen LogP contribution in [0.1, 0.15) is 71.1 Å². The van der Waals surface area contributed by atoms with E-state index < -0.39 is 0 Å². The molecule has 2 atom stereocenters. The van der Waals surface area contributed by atoms with Crippen molar-refractivity contribution >= 4 is 11.8 Å². The zero-order chi connectivity index (χ0) is 15.6. The van der Waals surface area contributed by atoms with Gasteiger partial charge >= 0.3 is 0 Å². The molecule has 2 saturated carbocycles. The molecule has 0 unspecified atom stereocenters. The van der Waals surface area contributed by atoms with Crippen LogP contribution in [0.3, 0.4) is 0 Å². The number of nitrogens with one attached hydrogen (secondary N) is 1. The first-order valence-corrected chi connectivity index (χ1v) is 9.15. The summed E-state index contributed by atoms with van der Waals surface area (Å²) in [7, 11) is 0. The van der Waals surface area contributed by atoms with Crippen LogP contribution >= 0.6 is 0 Å². The van der Waals surface area contributed by atoms with E-state index in [1.807, 2.05) is 0 Å². The van der Waals surface area contributed by atoms with Crippen molar-refractivity contribution in [1.29, 1.82) is 0 Å². The number of fused-ring (bicyclic) bond motifs is 1. The van der Waals surface area contributed by atoms with Crippen LogP contribution in [0.4, 0.5) is 0 Å². The SMILES string of the molecule is CC(=O)NC[C@@]12CCC[C@H]1N(CC1CCCCC1)C(=O)CC2. The normalized spacial score (nSPS) is 32.9. The number of hydrogen-bond donors (Lipinski definition) is 1. The van der Waals surface area contributed by atoms with Crippen LogP contribution < -0.4 is 5.32 Å². The van der Waals surface area contributed by atoms with Gasteiger partial charge < -0.3 is 10.2 Å². The molecule has 3 rings (SSSR count). The van der Waals surface area contributed by atoms with Gasteiger partial charge in [-0.1, -0.05) is 25.7 Å². The topological polar surface area (TPSA) is 49.4 Å². The minimum atomic E-state index is 0.0516. The number of rotatable bonds is 4. The standard InChI is InChI=1S/C18H30N2O2/c1-14(21)19-13-18-10-5-8-16(18)20(17(22)9-11-18)12-15-6-3-2-4-7-15/h15-16H,2-13H2,1H3,(H,19,21)/t16-,18+/m1/s1. The highest BCUT2D eigenvalue weighted by atomic mass is 16.2. The van der Waals surface area contributed by atoms with E-state index in [1.54, 1.807) is 6.92 Å². The van der Waals surface area contributed by atoms with Gasteiger partial charge in [-0.3, -0.25) is 9.59 Å². The average Bonchev–Trinajstić information content (AvgIpc) is 2.94. The second-order valence-corrected chi connectivity index (χ2v) is 7.73. The third kappa shape index (κ3) is 3.16. The zero-order valence-electron chi connectivity index (χ0n) is 13.9. The van der Waals surface area contributed by atoms with Gasteiger partial charge in [-0.25, -0.2) is 0 Å². The Kier molecular flexibility index (Phi) is 4.74. The number of likely N-dealkylation sites (tertiary alicyclic amines) is 1. The first-order valence-electron chi connectivity index (χ1n) is 9.15. The molecule has 0 aromatic rings. The molecule has 124 valence electrons. The maximum absolute atomic E-state index is 12.5. The minimum Gasteiger partial charge on any atom is -0.356 e. The first kappa shape index (κ1) is 15.8. The van der Waals surface area contributed by atoms with Crippen molar-refractivity contribution in [3.63, 3.8) is 0 Å². The van der Waals surface area contributed by atoms with Crippen LogP contribution in [-0.2, 0) is 9.59 Å². The van der Waals surface area contributed by atoms with Gasteiger partial charge in [-0.15, -0.1) is 0 Å². The molecule has 0 aromatic carbocycles.